The standard InChI is InChI=1S/C7H10ClN3O3S2/c1-4-2-6(15-7(4)8)16(13,14)10-3-5(9)11-12/h2,10,12H,3H2,1H3,(H2,9,11). The fraction of sp³-hybridized carbons (Fsp3) is 0.286. The van der Waals surface area contributed by atoms with Crippen LogP contribution in [-0.2, 0) is 10.0 Å². The molecule has 0 saturated carbocycles. The van der Waals surface area contributed by atoms with Crippen LogP contribution in [0, 0.1) is 6.92 Å². The van der Waals surface area contributed by atoms with Crippen molar-refractivity contribution in [2.45, 2.75) is 11.1 Å². The van der Waals surface area contributed by atoms with E-state index in [2.05, 4.69) is 9.88 Å². The van der Waals surface area contributed by atoms with Gasteiger partial charge in [0.1, 0.15) is 4.21 Å². The van der Waals surface area contributed by atoms with E-state index in [1.807, 2.05) is 0 Å². The van der Waals surface area contributed by atoms with Crippen molar-refractivity contribution < 1.29 is 13.6 Å². The average molecular weight is 284 g/mol. The number of amidine groups is 1. The Morgan fingerprint density at radius 1 is 1.75 bits per heavy atom. The molecule has 0 aliphatic heterocycles. The second-order valence-electron chi connectivity index (χ2n) is 2.94. The summed E-state index contributed by atoms with van der Waals surface area (Å²) in [5.41, 5.74) is 5.83. The van der Waals surface area contributed by atoms with Gasteiger partial charge in [0.2, 0.25) is 0 Å². The van der Waals surface area contributed by atoms with Crippen molar-refractivity contribution in [2.75, 3.05) is 6.54 Å². The maximum atomic E-state index is 11.7. The number of hydrogen-bond donors (Lipinski definition) is 3. The van der Waals surface area contributed by atoms with Gasteiger partial charge in [0, 0.05) is 0 Å². The smallest absolute Gasteiger partial charge is 0.250 e. The van der Waals surface area contributed by atoms with Gasteiger partial charge in [0.05, 0.1) is 10.9 Å². The Bertz CT molecular complexity index is 489. The zero-order valence-electron chi connectivity index (χ0n) is 8.27. The Morgan fingerprint density at radius 3 is 2.81 bits per heavy atom. The second-order valence-corrected chi connectivity index (χ2v) is 6.59. The molecule has 90 valence electrons. The lowest BCUT2D eigenvalue weighted by atomic mass is 10.4. The maximum absolute atomic E-state index is 11.7. The van der Waals surface area contributed by atoms with Crippen LogP contribution >= 0.6 is 22.9 Å². The van der Waals surface area contributed by atoms with Crippen LogP contribution < -0.4 is 10.5 Å². The molecule has 0 unspecified atom stereocenters. The van der Waals surface area contributed by atoms with Crippen molar-refractivity contribution in [3.8, 4) is 0 Å². The molecule has 6 nitrogen and oxygen atoms in total. The van der Waals surface area contributed by atoms with Crippen LogP contribution in [0.15, 0.2) is 15.4 Å². The van der Waals surface area contributed by atoms with E-state index in [9.17, 15) is 8.42 Å². The number of sulfonamides is 1. The molecule has 0 bridgehead atoms. The molecule has 1 heterocycles. The first-order valence-electron chi connectivity index (χ1n) is 4.09. The summed E-state index contributed by atoms with van der Waals surface area (Å²) in [6.45, 7) is 1.45. The van der Waals surface area contributed by atoms with Gasteiger partial charge < -0.3 is 10.9 Å². The number of nitrogens with one attached hydrogen (secondary N) is 1. The summed E-state index contributed by atoms with van der Waals surface area (Å²) >= 11 is 6.72. The van der Waals surface area contributed by atoms with E-state index in [1.54, 1.807) is 6.92 Å². The molecule has 4 N–H and O–H groups in total. The van der Waals surface area contributed by atoms with Gasteiger partial charge in [-0.25, -0.2) is 13.1 Å². The molecule has 0 atom stereocenters. The SMILES string of the molecule is Cc1cc(S(=O)(=O)NC/C(N)=N/O)sc1Cl. The first-order valence-corrected chi connectivity index (χ1v) is 6.76. The van der Waals surface area contributed by atoms with Crippen LogP contribution in [0.5, 0.6) is 0 Å². The third-order valence-electron chi connectivity index (χ3n) is 1.67. The predicted octanol–water partition coefficient (Wildman–Crippen LogP) is 0.735. The van der Waals surface area contributed by atoms with Crippen molar-refractivity contribution in [3.05, 3.63) is 16.0 Å². The zero-order valence-corrected chi connectivity index (χ0v) is 10.7. The van der Waals surface area contributed by atoms with Gasteiger partial charge in [-0.05, 0) is 18.6 Å². The van der Waals surface area contributed by atoms with Crippen LogP contribution in [0.25, 0.3) is 0 Å². The Morgan fingerprint density at radius 2 is 2.38 bits per heavy atom. The number of nitrogens with zero attached hydrogens (tertiary/aromatic N) is 1. The van der Waals surface area contributed by atoms with E-state index in [0.717, 1.165) is 11.3 Å². The maximum Gasteiger partial charge on any atom is 0.250 e. The van der Waals surface area contributed by atoms with Crippen molar-refractivity contribution >= 4 is 38.8 Å². The lowest BCUT2D eigenvalue weighted by molar-refractivity contribution is 0.317. The van der Waals surface area contributed by atoms with E-state index < -0.39 is 10.0 Å². The summed E-state index contributed by atoms with van der Waals surface area (Å²) in [4.78, 5) is 0. The number of halogens is 1. The molecule has 1 rings (SSSR count). The Kier molecular flexibility index (Phi) is 4.14. The summed E-state index contributed by atoms with van der Waals surface area (Å²) in [5.74, 6) is -0.219. The fourth-order valence-corrected chi connectivity index (χ4v) is 3.59. The molecule has 0 aliphatic rings. The largest absolute Gasteiger partial charge is 0.409 e. The topological polar surface area (TPSA) is 105 Å². The number of aryl methyl sites for hydroxylation is 1. The number of thiophene rings is 1. The molecule has 0 radical (unpaired) electrons. The van der Waals surface area contributed by atoms with Gasteiger partial charge in [-0.3, -0.25) is 0 Å². The molecule has 1 aromatic heterocycles. The molecule has 16 heavy (non-hydrogen) atoms. The lowest BCUT2D eigenvalue weighted by Gasteiger charge is -2.02. The van der Waals surface area contributed by atoms with Crippen molar-refractivity contribution in [2.24, 2.45) is 10.9 Å². The van der Waals surface area contributed by atoms with E-state index >= 15 is 0 Å². The van der Waals surface area contributed by atoms with Gasteiger partial charge in [0.15, 0.2) is 5.84 Å². The molecule has 0 aromatic carbocycles. The number of oxime groups is 1. The van der Waals surface area contributed by atoms with Gasteiger partial charge in [-0.15, -0.1) is 11.3 Å². The minimum Gasteiger partial charge on any atom is -0.409 e. The highest BCUT2D eigenvalue weighted by Gasteiger charge is 2.18. The summed E-state index contributed by atoms with van der Waals surface area (Å²) in [6.07, 6.45) is 0. The predicted molar refractivity (Wildman–Crippen MR) is 62.7 cm³/mol. The molecule has 9 heteroatoms. The molecule has 1 aromatic rings. The third kappa shape index (κ3) is 3.08. The minimum atomic E-state index is -3.65. The quantitative estimate of drug-likeness (QED) is 0.328. The first kappa shape index (κ1) is 13.2. The summed E-state index contributed by atoms with van der Waals surface area (Å²) < 4.78 is 26.0. The van der Waals surface area contributed by atoms with Crippen LogP contribution in [0.2, 0.25) is 4.34 Å². The van der Waals surface area contributed by atoms with Crippen molar-refractivity contribution in [1.82, 2.24) is 4.72 Å². The number of nitrogens with two attached hydrogens (primary N) is 1. The van der Waals surface area contributed by atoms with Crippen molar-refractivity contribution in [3.63, 3.8) is 0 Å². The van der Waals surface area contributed by atoms with Crippen LogP contribution in [0.3, 0.4) is 0 Å². The number of hydrogen-bond acceptors (Lipinski definition) is 5. The van der Waals surface area contributed by atoms with Gasteiger partial charge in [0.25, 0.3) is 10.0 Å². The molecular weight excluding hydrogens is 274 g/mol. The van der Waals surface area contributed by atoms with Gasteiger partial charge in [-0.1, -0.05) is 16.8 Å². The Balaban J connectivity index is 2.86. The Labute approximate surface area is 102 Å². The summed E-state index contributed by atoms with van der Waals surface area (Å²) in [5, 5.41) is 10.9. The monoisotopic (exact) mass is 283 g/mol. The van der Waals surface area contributed by atoms with E-state index in [-0.39, 0.29) is 16.6 Å². The van der Waals surface area contributed by atoms with Crippen molar-refractivity contribution in [1.29, 1.82) is 0 Å². The molecule has 0 saturated heterocycles. The molecular formula is C7H10ClN3O3S2. The van der Waals surface area contributed by atoms with Crippen LogP contribution in [-0.4, -0.2) is 26.0 Å². The number of rotatable bonds is 4. The van der Waals surface area contributed by atoms with Gasteiger partial charge in [-0.2, -0.15) is 0 Å². The van der Waals surface area contributed by atoms with E-state index in [0.29, 0.717) is 9.90 Å². The first-order chi connectivity index (χ1) is 7.36. The lowest BCUT2D eigenvalue weighted by Crippen LogP contribution is -2.33. The van der Waals surface area contributed by atoms with E-state index in [1.165, 1.54) is 6.07 Å². The molecule has 0 amide bonds. The van der Waals surface area contributed by atoms with Crippen LogP contribution in [0.4, 0.5) is 0 Å². The second kappa shape index (κ2) is 5.00. The van der Waals surface area contributed by atoms with E-state index in [4.69, 9.17) is 22.5 Å². The Hall–Kier alpha value is -0.830. The normalized spacial score (nSPS) is 13.0. The zero-order chi connectivity index (χ0) is 12.3. The highest BCUT2D eigenvalue weighted by Crippen LogP contribution is 2.29. The highest BCUT2D eigenvalue weighted by atomic mass is 35.5. The molecule has 0 aliphatic carbocycles. The summed E-state index contributed by atoms with van der Waals surface area (Å²) in [6, 6.07) is 1.46. The third-order valence-corrected chi connectivity index (χ3v) is 5.10. The highest BCUT2D eigenvalue weighted by molar-refractivity contribution is 7.91. The van der Waals surface area contributed by atoms with Gasteiger partial charge >= 0.3 is 0 Å². The van der Waals surface area contributed by atoms with Crippen LogP contribution in [0.1, 0.15) is 5.56 Å². The molecule has 0 spiro atoms. The fourth-order valence-electron chi connectivity index (χ4n) is 0.840. The minimum absolute atomic E-state index is 0.0979. The molecule has 0 fully saturated rings. The average Bonchev–Trinajstić information content (AvgIpc) is 2.56. The summed E-state index contributed by atoms with van der Waals surface area (Å²) in [7, 11) is -3.65.